The van der Waals surface area contributed by atoms with Gasteiger partial charge in [0, 0.05) is 17.8 Å². The van der Waals surface area contributed by atoms with Gasteiger partial charge >= 0.3 is 0 Å². The first-order chi connectivity index (χ1) is 9.02. The highest BCUT2D eigenvalue weighted by Crippen LogP contribution is 2.29. The maximum atomic E-state index is 8.94. The second-order valence-corrected chi connectivity index (χ2v) is 4.99. The van der Waals surface area contributed by atoms with E-state index in [0.29, 0.717) is 17.1 Å². The number of nitrogens with two attached hydrogens (primary N) is 1. The Morgan fingerprint density at radius 2 is 2.21 bits per heavy atom. The smallest absolute Gasteiger partial charge is 0.101 e. The van der Waals surface area contributed by atoms with Crippen molar-refractivity contribution in [1.29, 1.82) is 5.26 Å². The largest absolute Gasteiger partial charge is 0.326 e. The van der Waals surface area contributed by atoms with Crippen LogP contribution in [-0.4, -0.2) is 15.8 Å². The molecule has 1 heterocycles. The van der Waals surface area contributed by atoms with Crippen LogP contribution in [0.4, 0.5) is 0 Å². The van der Waals surface area contributed by atoms with E-state index in [-0.39, 0.29) is 6.04 Å². The molecule has 5 heteroatoms. The van der Waals surface area contributed by atoms with Gasteiger partial charge in [-0.3, -0.25) is 4.68 Å². The minimum Gasteiger partial charge on any atom is -0.326 e. The lowest BCUT2D eigenvalue weighted by Crippen LogP contribution is -2.22. The van der Waals surface area contributed by atoms with E-state index in [1.165, 1.54) is 0 Å². The van der Waals surface area contributed by atoms with Crippen molar-refractivity contribution in [2.45, 2.75) is 26.4 Å². The van der Waals surface area contributed by atoms with Crippen molar-refractivity contribution in [2.75, 3.05) is 0 Å². The lowest BCUT2D eigenvalue weighted by molar-refractivity contribution is 0.540. The second-order valence-electron chi connectivity index (χ2n) is 4.61. The van der Waals surface area contributed by atoms with Crippen molar-refractivity contribution in [3.05, 3.63) is 40.5 Å². The van der Waals surface area contributed by atoms with E-state index in [4.69, 9.17) is 22.6 Å². The van der Waals surface area contributed by atoms with E-state index < -0.39 is 0 Å². The van der Waals surface area contributed by atoms with Crippen molar-refractivity contribution >= 4 is 11.6 Å². The molecular weight excluding hydrogens is 260 g/mol. The van der Waals surface area contributed by atoms with Crippen LogP contribution in [0.2, 0.25) is 5.02 Å². The average molecular weight is 275 g/mol. The first-order valence-corrected chi connectivity index (χ1v) is 6.39. The third-order valence-corrected chi connectivity index (χ3v) is 3.39. The third kappa shape index (κ3) is 2.78. The highest BCUT2D eigenvalue weighted by atomic mass is 35.5. The van der Waals surface area contributed by atoms with Crippen molar-refractivity contribution in [3.8, 4) is 17.3 Å². The van der Waals surface area contributed by atoms with Gasteiger partial charge in [-0.25, -0.2) is 0 Å². The summed E-state index contributed by atoms with van der Waals surface area (Å²) >= 11 is 6.16. The van der Waals surface area contributed by atoms with Crippen LogP contribution in [0.1, 0.15) is 18.1 Å². The summed E-state index contributed by atoms with van der Waals surface area (Å²) in [7, 11) is 0. The molecule has 1 unspecified atom stereocenters. The second kappa shape index (κ2) is 5.43. The van der Waals surface area contributed by atoms with Gasteiger partial charge in [0.05, 0.1) is 22.8 Å². The summed E-state index contributed by atoms with van der Waals surface area (Å²) < 4.78 is 1.81. The molecule has 98 valence electrons. The van der Waals surface area contributed by atoms with E-state index in [2.05, 4.69) is 11.2 Å². The summed E-state index contributed by atoms with van der Waals surface area (Å²) in [5.41, 5.74) is 8.87. The summed E-state index contributed by atoms with van der Waals surface area (Å²) in [5.74, 6) is 0. The first-order valence-electron chi connectivity index (χ1n) is 6.01. The van der Waals surface area contributed by atoms with Gasteiger partial charge in [-0.2, -0.15) is 10.4 Å². The minimum atomic E-state index is 0.0541. The summed E-state index contributed by atoms with van der Waals surface area (Å²) in [4.78, 5) is 0. The first kappa shape index (κ1) is 13.6. The van der Waals surface area contributed by atoms with Crippen LogP contribution in [0.3, 0.4) is 0 Å². The number of hydrogen-bond donors (Lipinski definition) is 1. The molecule has 0 saturated heterocycles. The Balaban J connectivity index is 2.40. The van der Waals surface area contributed by atoms with E-state index in [0.717, 1.165) is 16.8 Å². The quantitative estimate of drug-likeness (QED) is 0.936. The van der Waals surface area contributed by atoms with Crippen LogP contribution >= 0.6 is 11.6 Å². The third-order valence-electron chi connectivity index (χ3n) is 2.90. The molecule has 0 spiro atoms. The van der Waals surface area contributed by atoms with Crippen LogP contribution in [0.5, 0.6) is 0 Å². The predicted octanol–water partition coefficient (Wildman–Crippen LogP) is 2.73. The summed E-state index contributed by atoms with van der Waals surface area (Å²) in [6, 6.07) is 7.64. The van der Waals surface area contributed by atoms with E-state index in [1.54, 1.807) is 6.07 Å². The van der Waals surface area contributed by atoms with Crippen molar-refractivity contribution in [3.63, 3.8) is 0 Å². The molecule has 0 radical (unpaired) electrons. The summed E-state index contributed by atoms with van der Waals surface area (Å²) in [6.45, 7) is 4.50. The number of benzene rings is 1. The number of hydrogen-bond acceptors (Lipinski definition) is 3. The highest BCUT2D eigenvalue weighted by Gasteiger charge is 2.11. The Bertz CT molecular complexity index is 637. The lowest BCUT2D eigenvalue weighted by Gasteiger charge is -2.07. The Kier molecular flexibility index (Phi) is 3.89. The lowest BCUT2D eigenvalue weighted by atomic mass is 10.0. The Hall–Kier alpha value is -1.83. The van der Waals surface area contributed by atoms with Gasteiger partial charge < -0.3 is 5.73 Å². The van der Waals surface area contributed by atoms with Crippen LogP contribution in [0.25, 0.3) is 11.3 Å². The molecule has 2 N–H and O–H groups in total. The SMILES string of the molecule is Cc1c(-c2ccn(CC(C)N)n2)ccc(C#N)c1Cl. The molecule has 0 aliphatic carbocycles. The zero-order valence-electron chi connectivity index (χ0n) is 10.9. The molecule has 1 aromatic carbocycles. The van der Waals surface area contributed by atoms with Gasteiger partial charge in [-0.15, -0.1) is 0 Å². The van der Waals surface area contributed by atoms with Crippen molar-refractivity contribution in [2.24, 2.45) is 5.73 Å². The molecule has 0 aliphatic heterocycles. The Morgan fingerprint density at radius 3 is 2.84 bits per heavy atom. The maximum absolute atomic E-state index is 8.94. The van der Waals surface area contributed by atoms with Gasteiger partial charge in [0.15, 0.2) is 0 Å². The van der Waals surface area contributed by atoms with Crippen LogP contribution in [-0.2, 0) is 6.54 Å². The number of nitriles is 1. The molecule has 1 atom stereocenters. The molecule has 1 aromatic heterocycles. The van der Waals surface area contributed by atoms with Crippen LogP contribution in [0.15, 0.2) is 24.4 Å². The van der Waals surface area contributed by atoms with Crippen LogP contribution in [0, 0.1) is 18.3 Å². The monoisotopic (exact) mass is 274 g/mol. The zero-order valence-corrected chi connectivity index (χ0v) is 11.6. The van der Waals surface area contributed by atoms with Crippen molar-refractivity contribution < 1.29 is 0 Å². The van der Waals surface area contributed by atoms with Crippen LogP contribution < -0.4 is 5.73 Å². The zero-order chi connectivity index (χ0) is 14.0. The molecule has 0 saturated carbocycles. The number of halogens is 1. The van der Waals surface area contributed by atoms with Crippen molar-refractivity contribution in [1.82, 2.24) is 9.78 Å². The van der Waals surface area contributed by atoms with E-state index in [1.807, 2.05) is 36.9 Å². The molecule has 0 bridgehead atoms. The fourth-order valence-corrected chi connectivity index (χ4v) is 2.16. The molecule has 0 amide bonds. The average Bonchev–Trinajstić information content (AvgIpc) is 2.80. The molecule has 0 aliphatic rings. The minimum absolute atomic E-state index is 0.0541. The highest BCUT2D eigenvalue weighted by molar-refractivity contribution is 6.32. The maximum Gasteiger partial charge on any atom is 0.101 e. The van der Waals surface area contributed by atoms with Gasteiger partial charge in [0.25, 0.3) is 0 Å². The van der Waals surface area contributed by atoms with Gasteiger partial charge in [0.2, 0.25) is 0 Å². The summed E-state index contributed by atoms with van der Waals surface area (Å²) in [6.07, 6.45) is 1.89. The number of rotatable bonds is 3. The topological polar surface area (TPSA) is 67.6 Å². The fraction of sp³-hybridized carbons (Fsp3) is 0.286. The standard InChI is InChI=1S/C14H15ClN4/c1-9(17)8-19-6-5-13(18-19)12-4-3-11(7-16)14(15)10(12)2/h3-6,9H,8,17H2,1-2H3. The Labute approximate surface area is 117 Å². The predicted molar refractivity (Wildman–Crippen MR) is 75.8 cm³/mol. The van der Waals surface area contributed by atoms with Gasteiger partial charge in [0.1, 0.15) is 6.07 Å². The number of aromatic nitrogens is 2. The fourth-order valence-electron chi connectivity index (χ4n) is 1.95. The Morgan fingerprint density at radius 1 is 1.47 bits per heavy atom. The summed E-state index contributed by atoms with van der Waals surface area (Å²) in [5, 5.41) is 13.9. The molecule has 2 aromatic rings. The van der Waals surface area contributed by atoms with E-state index >= 15 is 0 Å². The number of nitrogens with zero attached hydrogens (tertiary/aromatic N) is 3. The molecule has 2 rings (SSSR count). The normalized spacial score (nSPS) is 12.2. The van der Waals surface area contributed by atoms with Gasteiger partial charge in [-0.1, -0.05) is 17.7 Å². The molecule has 0 fully saturated rings. The van der Waals surface area contributed by atoms with E-state index in [9.17, 15) is 0 Å². The molecule has 19 heavy (non-hydrogen) atoms. The molecule has 4 nitrogen and oxygen atoms in total. The molecular formula is C14H15ClN4. The van der Waals surface area contributed by atoms with Gasteiger partial charge in [-0.05, 0) is 31.5 Å².